The SMILES string of the molecule is CCC1CSCC(c2ccc(C)c(F)c2)N1. The van der Waals surface area contributed by atoms with Crippen LogP contribution in [0.3, 0.4) is 0 Å². The molecule has 1 aromatic carbocycles. The number of hydrogen-bond acceptors (Lipinski definition) is 2. The van der Waals surface area contributed by atoms with E-state index in [-0.39, 0.29) is 5.82 Å². The molecule has 1 aliphatic heterocycles. The Morgan fingerprint density at radius 1 is 1.44 bits per heavy atom. The van der Waals surface area contributed by atoms with E-state index in [9.17, 15) is 4.39 Å². The van der Waals surface area contributed by atoms with E-state index in [0.29, 0.717) is 12.1 Å². The van der Waals surface area contributed by atoms with Gasteiger partial charge in [0.2, 0.25) is 0 Å². The highest BCUT2D eigenvalue weighted by molar-refractivity contribution is 7.99. The third kappa shape index (κ3) is 2.58. The molecule has 0 bridgehead atoms. The van der Waals surface area contributed by atoms with E-state index in [1.807, 2.05) is 23.9 Å². The zero-order valence-corrected chi connectivity index (χ0v) is 10.6. The van der Waals surface area contributed by atoms with Gasteiger partial charge in [0.25, 0.3) is 0 Å². The van der Waals surface area contributed by atoms with Crippen LogP contribution < -0.4 is 5.32 Å². The van der Waals surface area contributed by atoms with Crippen LogP contribution in [-0.2, 0) is 0 Å². The molecule has 1 saturated heterocycles. The van der Waals surface area contributed by atoms with Crippen molar-refractivity contribution in [2.24, 2.45) is 0 Å². The van der Waals surface area contributed by atoms with Crippen molar-refractivity contribution in [1.82, 2.24) is 5.32 Å². The minimum absolute atomic E-state index is 0.0945. The van der Waals surface area contributed by atoms with E-state index in [4.69, 9.17) is 0 Å². The maximum atomic E-state index is 13.5. The summed E-state index contributed by atoms with van der Waals surface area (Å²) in [5, 5.41) is 3.58. The topological polar surface area (TPSA) is 12.0 Å². The van der Waals surface area contributed by atoms with Crippen molar-refractivity contribution in [1.29, 1.82) is 0 Å². The van der Waals surface area contributed by atoms with Crippen molar-refractivity contribution in [2.45, 2.75) is 32.4 Å². The molecule has 0 radical (unpaired) electrons. The maximum absolute atomic E-state index is 13.5. The Labute approximate surface area is 101 Å². The van der Waals surface area contributed by atoms with Gasteiger partial charge in [0.05, 0.1) is 0 Å². The summed E-state index contributed by atoms with van der Waals surface area (Å²) in [7, 11) is 0. The van der Waals surface area contributed by atoms with Crippen molar-refractivity contribution in [3.63, 3.8) is 0 Å². The molecule has 1 nitrogen and oxygen atoms in total. The lowest BCUT2D eigenvalue weighted by molar-refractivity contribution is 0.464. The molecule has 88 valence electrons. The van der Waals surface area contributed by atoms with E-state index in [1.54, 1.807) is 13.0 Å². The molecule has 1 fully saturated rings. The zero-order valence-electron chi connectivity index (χ0n) is 9.79. The molecule has 16 heavy (non-hydrogen) atoms. The predicted molar refractivity (Wildman–Crippen MR) is 68.4 cm³/mol. The largest absolute Gasteiger partial charge is 0.306 e. The predicted octanol–water partition coefficient (Wildman–Crippen LogP) is 3.29. The second kappa shape index (κ2) is 5.19. The second-order valence-corrected chi connectivity index (χ2v) is 5.45. The lowest BCUT2D eigenvalue weighted by Gasteiger charge is -2.30. The third-order valence-corrected chi connectivity index (χ3v) is 4.34. The van der Waals surface area contributed by atoms with E-state index in [2.05, 4.69) is 12.2 Å². The first-order chi connectivity index (χ1) is 7.70. The molecule has 1 N–H and O–H groups in total. The third-order valence-electron chi connectivity index (χ3n) is 3.13. The zero-order chi connectivity index (χ0) is 11.5. The number of aryl methyl sites for hydroxylation is 1. The summed E-state index contributed by atoms with van der Waals surface area (Å²) in [4.78, 5) is 0. The maximum Gasteiger partial charge on any atom is 0.126 e. The lowest BCUT2D eigenvalue weighted by atomic mass is 10.0. The average Bonchev–Trinajstić information content (AvgIpc) is 2.33. The summed E-state index contributed by atoms with van der Waals surface area (Å²) in [5.41, 5.74) is 1.80. The lowest BCUT2D eigenvalue weighted by Crippen LogP contribution is -2.39. The van der Waals surface area contributed by atoms with Crippen LogP contribution in [0.15, 0.2) is 18.2 Å². The highest BCUT2D eigenvalue weighted by atomic mass is 32.2. The quantitative estimate of drug-likeness (QED) is 0.850. The first-order valence-corrected chi connectivity index (χ1v) is 6.96. The Bertz CT molecular complexity index is 367. The van der Waals surface area contributed by atoms with Crippen molar-refractivity contribution >= 4 is 11.8 Å². The Morgan fingerprint density at radius 2 is 2.25 bits per heavy atom. The van der Waals surface area contributed by atoms with Crippen LogP contribution in [0.2, 0.25) is 0 Å². The molecule has 1 aliphatic rings. The van der Waals surface area contributed by atoms with Crippen LogP contribution in [0.4, 0.5) is 4.39 Å². The van der Waals surface area contributed by atoms with Crippen LogP contribution in [0.1, 0.15) is 30.5 Å². The minimum atomic E-state index is -0.0945. The van der Waals surface area contributed by atoms with Gasteiger partial charge in [-0.1, -0.05) is 19.1 Å². The molecule has 0 aromatic heterocycles. The van der Waals surface area contributed by atoms with E-state index < -0.39 is 0 Å². The summed E-state index contributed by atoms with van der Waals surface area (Å²) >= 11 is 1.96. The highest BCUT2D eigenvalue weighted by Gasteiger charge is 2.21. The number of hydrogen-bond donors (Lipinski definition) is 1. The fourth-order valence-corrected chi connectivity index (χ4v) is 3.24. The standard InChI is InChI=1S/C13H18FNS/c1-3-11-7-16-8-13(15-11)10-5-4-9(2)12(14)6-10/h4-6,11,13,15H,3,7-8H2,1-2H3. The number of thioether (sulfide) groups is 1. The first-order valence-electron chi connectivity index (χ1n) is 5.80. The van der Waals surface area contributed by atoms with Crippen LogP contribution in [0.5, 0.6) is 0 Å². The Balaban J connectivity index is 2.13. The van der Waals surface area contributed by atoms with Crippen molar-refractivity contribution in [2.75, 3.05) is 11.5 Å². The fraction of sp³-hybridized carbons (Fsp3) is 0.538. The molecule has 1 aromatic rings. The molecule has 0 saturated carbocycles. The summed E-state index contributed by atoms with van der Waals surface area (Å²) in [6.07, 6.45) is 1.14. The van der Waals surface area contributed by atoms with Gasteiger partial charge in [-0.25, -0.2) is 4.39 Å². The van der Waals surface area contributed by atoms with Gasteiger partial charge in [-0.15, -0.1) is 0 Å². The van der Waals surface area contributed by atoms with E-state index in [0.717, 1.165) is 23.3 Å². The molecule has 0 aliphatic carbocycles. The molecule has 1 heterocycles. The van der Waals surface area contributed by atoms with Gasteiger partial charge in [-0.05, 0) is 30.5 Å². The van der Waals surface area contributed by atoms with Crippen LogP contribution in [0.25, 0.3) is 0 Å². The molecule has 2 unspecified atom stereocenters. The Morgan fingerprint density at radius 3 is 2.94 bits per heavy atom. The normalized spacial score (nSPS) is 25.7. The molecule has 2 rings (SSSR count). The van der Waals surface area contributed by atoms with Crippen molar-refractivity contribution in [3.05, 3.63) is 35.1 Å². The summed E-state index contributed by atoms with van der Waals surface area (Å²) in [6, 6.07) is 6.44. The number of rotatable bonds is 2. The molecule has 3 heteroatoms. The summed E-state index contributed by atoms with van der Waals surface area (Å²) in [5.74, 6) is 2.11. The average molecular weight is 239 g/mol. The molecule has 0 amide bonds. The molecular weight excluding hydrogens is 221 g/mol. The monoisotopic (exact) mass is 239 g/mol. The van der Waals surface area contributed by atoms with Crippen molar-refractivity contribution < 1.29 is 4.39 Å². The Kier molecular flexibility index (Phi) is 3.87. The van der Waals surface area contributed by atoms with Gasteiger partial charge in [0, 0.05) is 23.6 Å². The van der Waals surface area contributed by atoms with Gasteiger partial charge in [-0.3, -0.25) is 0 Å². The van der Waals surface area contributed by atoms with Crippen LogP contribution in [-0.4, -0.2) is 17.5 Å². The Hall–Kier alpha value is -0.540. The summed E-state index contributed by atoms with van der Waals surface area (Å²) in [6.45, 7) is 3.99. The molecular formula is C13H18FNS. The van der Waals surface area contributed by atoms with Crippen LogP contribution >= 0.6 is 11.8 Å². The number of halogens is 1. The van der Waals surface area contributed by atoms with Gasteiger partial charge in [0.15, 0.2) is 0 Å². The smallest absolute Gasteiger partial charge is 0.126 e. The number of benzene rings is 1. The van der Waals surface area contributed by atoms with Gasteiger partial charge >= 0.3 is 0 Å². The van der Waals surface area contributed by atoms with E-state index in [1.165, 1.54) is 5.75 Å². The highest BCUT2D eigenvalue weighted by Crippen LogP contribution is 2.26. The first kappa shape index (κ1) is 11.9. The van der Waals surface area contributed by atoms with Gasteiger partial charge in [0.1, 0.15) is 5.82 Å². The molecule has 0 spiro atoms. The van der Waals surface area contributed by atoms with Crippen molar-refractivity contribution in [3.8, 4) is 0 Å². The fourth-order valence-electron chi connectivity index (χ4n) is 1.96. The van der Waals surface area contributed by atoms with E-state index >= 15 is 0 Å². The van der Waals surface area contributed by atoms with Gasteiger partial charge in [-0.2, -0.15) is 11.8 Å². The van der Waals surface area contributed by atoms with Gasteiger partial charge < -0.3 is 5.32 Å². The van der Waals surface area contributed by atoms with Crippen LogP contribution in [0, 0.1) is 12.7 Å². The summed E-state index contributed by atoms with van der Waals surface area (Å²) < 4.78 is 13.5. The second-order valence-electron chi connectivity index (χ2n) is 4.37. The number of nitrogens with one attached hydrogen (secondary N) is 1. The minimum Gasteiger partial charge on any atom is -0.306 e. The molecule has 2 atom stereocenters.